The van der Waals surface area contributed by atoms with E-state index in [2.05, 4.69) is 9.80 Å². The number of hydrogen-bond acceptors (Lipinski definition) is 4. The zero-order chi connectivity index (χ0) is 17.8. The van der Waals surface area contributed by atoms with Gasteiger partial charge in [-0.1, -0.05) is 31.4 Å². The zero-order valence-electron chi connectivity index (χ0n) is 15.5. The van der Waals surface area contributed by atoms with Gasteiger partial charge in [-0.15, -0.1) is 0 Å². The van der Waals surface area contributed by atoms with E-state index >= 15 is 0 Å². The van der Waals surface area contributed by atoms with Crippen molar-refractivity contribution in [2.75, 3.05) is 38.1 Å². The second-order valence-electron chi connectivity index (χ2n) is 7.43. The van der Waals surface area contributed by atoms with Gasteiger partial charge < -0.3 is 14.9 Å². The first-order chi connectivity index (χ1) is 12.1. The fourth-order valence-corrected chi connectivity index (χ4v) is 4.18. The standard InChI is InChI=1S/C20H31N3O2/c1-16(20(25)21(2)17-8-4-3-5-9-17)22-12-14-23(15-13-22)18-10-6-7-11-19(18)24/h6-7,10-11,16-17,24H,3-5,8-9,12-15H2,1-2H3. The molecule has 1 saturated carbocycles. The highest BCUT2D eigenvalue weighted by Crippen LogP contribution is 2.28. The number of piperazine rings is 1. The minimum Gasteiger partial charge on any atom is -0.506 e. The molecule has 0 aromatic heterocycles. The fourth-order valence-electron chi connectivity index (χ4n) is 4.18. The smallest absolute Gasteiger partial charge is 0.239 e. The van der Waals surface area contributed by atoms with Gasteiger partial charge in [0.1, 0.15) is 5.75 Å². The van der Waals surface area contributed by atoms with E-state index in [1.807, 2.05) is 37.1 Å². The Morgan fingerprint density at radius 1 is 1.12 bits per heavy atom. The number of anilines is 1. The molecular weight excluding hydrogens is 314 g/mol. The molecule has 0 spiro atoms. The summed E-state index contributed by atoms with van der Waals surface area (Å²) in [4.78, 5) is 19.4. The number of benzene rings is 1. The number of likely N-dealkylation sites (N-methyl/N-ethyl adjacent to an activating group) is 1. The number of carbonyl (C=O) groups is 1. The third-order valence-corrected chi connectivity index (χ3v) is 5.91. The summed E-state index contributed by atoms with van der Waals surface area (Å²) in [7, 11) is 1.98. The quantitative estimate of drug-likeness (QED) is 0.911. The van der Waals surface area contributed by atoms with Crippen molar-refractivity contribution in [1.29, 1.82) is 0 Å². The van der Waals surface area contributed by atoms with Crippen LogP contribution in [0.5, 0.6) is 5.75 Å². The van der Waals surface area contributed by atoms with E-state index in [4.69, 9.17) is 0 Å². The number of hydrogen-bond donors (Lipinski definition) is 1. The van der Waals surface area contributed by atoms with E-state index in [0.29, 0.717) is 11.8 Å². The van der Waals surface area contributed by atoms with E-state index in [0.717, 1.165) is 44.7 Å². The molecule has 5 heteroatoms. The minimum absolute atomic E-state index is 0.0709. The lowest BCUT2D eigenvalue weighted by Crippen LogP contribution is -2.55. The van der Waals surface area contributed by atoms with Crippen LogP contribution < -0.4 is 4.90 Å². The molecule has 1 aromatic rings. The Kier molecular flexibility index (Phi) is 5.84. The van der Waals surface area contributed by atoms with Crippen LogP contribution in [0.1, 0.15) is 39.0 Å². The predicted molar refractivity (Wildman–Crippen MR) is 101 cm³/mol. The van der Waals surface area contributed by atoms with Gasteiger partial charge in [-0.3, -0.25) is 9.69 Å². The van der Waals surface area contributed by atoms with E-state index in [1.165, 1.54) is 19.3 Å². The number of phenolic OH excluding ortho intramolecular Hbond substituents is 1. The maximum Gasteiger partial charge on any atom is 0.239 e. The Bertz CT molecular complexity index is 578. The van der Waals surface area contributed by atoms with Crippen molar-refractivity contribution in [3.05, 3.63) is 24.3 Å². The molecule has 2 fully saturated rings. The van der Waals surface area contributed by atoms with E-state index in [-0.39, 0.29) is 11.9 Å². The molecule has 1 atom stereocenters. The Labute approximate surface area is 151 Å². The van der Waals surface area contributed by atoms with Gasteiger partial charge in [0.05, 0.1) is 11.7 Å². The first-order valence-electron chi connectivity index (χ1n) is 9.61. The molecule has 25 heavy (non-hydrogen) atoms. The van der Waals surface area contributed by atoms with Crippen molar-refractivity contribution in [3.8, 4) is 5.75 Å². The molecule has 1 saturated heterocycles. The van der Waals surface area contributed by atoms with Crippen molar-refractivity contribution in [1.82, 2.24) is 9.80 Å². The van der Waals surface area contributed by atoms with Crippen LogP contribution in [0.4, 0.5) is 5.69 Å². The summed E-state index contributed by atoms with van der Waals surface area (Å²) in [5.41, 5.74) is 0.889. The van der Waals surface area contributed by atoms with Gasteiger partial charge >= 0.3 is 0 Å². The zero-order valence-corrected chi connectivity index (χ0v) is 15.5. The van der Waals surface area contributed by atoms with E-state index in [1.54, 1.807) is 6.07 Å². The summed E-state index contributed by atoms with van der Waals surface area (Å²) >= 11 is 0. The highest BCUT2D eigenvalue weighted by molar-refractivity contribution is 5.81. The average molecular weight is 345 g/mol. The van der Waals surface area contributed by atoms with Crippen LogP contribution in [0, 0.1) is 0 Å². The monoisotopic (exact) mass is 345 g/mol. The van der Waals surface area contributed by atoms with E-state index in [9.17, 15) is 9.90 Å². The maximum absolute atomic E-state index is 12.9. The van der Waals surface area contributed by atoms with Gasteiger partial charge in [0.15, 0.2) is 0 Å². The van der Waals surface area contributed by atoms with Crippen molar-refractivity contribution in [2.24, 2.45) is 0 Å². The molecule has 138 valence electrons. The van der Waals surface area contributed by atoms with Gasteiger partial charge in [-0.2, -0.15) is 0 Å². The second kappa shape index (κ2) is 8.09. The number of para-hydroxylation sites is 2. The largest absolute Gasteiger partial charge is 0.506 e. The maximum atomic E-state index is 12.9. The molecule has 1 N–H and O–H groups in total. The summed E-state index contributed by atoms with van der Waals surface area (Å²) in [5.74, 6) is 0.583. The van der Waals surface area contributed by atoms with Crippen LogP contribution in [0.3, 0.4) is 0 Å². The first-order valence-corrected chi connectivity index (χ1v) is 9.61. The summed E-state index contributed by atoms with van der Waals surface area (Å²) in [6.45, 7) is 5.40. The third kappa shape index (κ3) is 4.09. The molecule has 5 nitrogen and oxygen atoms in total. The fraction of sp³-hybridized carbons (Fsp3) is 0.650. The Morgan fingerprint density at radius 2 is 1.76 bits per heavy atom. The molecule has 1 aliphatic heterocycles. The molecule has 1 aromatic carbocycles. The number of nitrogens with zero attached hydrogens (tertiary/aromatic N) is 3. The van der Waals surface area contributed by atoms with Crippen LogP contribution in [-0.2, 0) is 4.79 Å². The first kappa shape index (κ1) is 18.1. The number of aromatic hydroxyl groups is 1. The van der Waals surface area contributed by atoms with Gasteiger partial charge in [-0.25, -0.2) is 0 Å². The summed E-state index contributed by atoms with van der Waals surface area (Å²) in [6, 6.07) is 7.83. The normalized spacial score (nSPS) is 21.1. The van der Waals surface area contributed by atoms with Gasteiger partial charge in [0.2, 0.25) is 5.91 Å². The lowest BCUT2D eigenvalue weighted by Gasteiger charge is -2.41. The van der Waals surface area contributed by atoms with Crippen LogP contribution in [0.2, 0.25) is 0 Å². The van der Waals surface area contributed by atoms with Crippen molar-refractivity contribution in [2.45, 2.75) is 51.1 Å². The molecule has 1 aliphatic carbocycles. The highest BCUT2D eigenvalue weighted by atomic mass is 16.3. The average Bonchev–Trinajstić information content (AvgIpc) is 2.67. The lowest BCUT2D eigenvalue weighted by molar-refractivity contribution is -0.138. The van der Waals surface area contributed by atoms with Crippen LogP contribution >= 0.6 is 0 Å². The Balaban J connectivity index is 1.55. The Morgan fingerprint density at radius 3 is 2.40 bits per heavy atom. The number of rotatable bonds is 4. The highest BCUT2D eigenvalue weighted by Gasteiger charge is 2.31. The van der Waals surface area contributed by atoms with E-state index < -0.39 is 0 Å². The van der Waals surface area contributed by atoms with Gasteiger partial charge in [0, 0.05) is 39.3 Å². The number of carbonyl (C=O) groups excluding carboxylic acids is 1. The van der Waals surface area contributed by atoms with Crippen LogP contribution in [0.25, 0.3) is 0 Å². The summed E-state index contributed by atoms with van der Waals surface area (Å²) < 4.78 is 0. The minimum atomic E-state index is -0.0709. The molecule has 1 unspecified atom stereocenters. The van der Waals surface area contributed by atoms with Crippen LogP contribution in [0.15, 0.2) is 24.3 Å². The van der Waals surface area contributed by atoms with Crippen molar-refractivity contribution >= 4 is 11.6 Å². The molecule has 1 amide bonds. The summed E-state index contributed by atoms with van der Waals surface area (Å²) in [5, 5.41) is 10.0. The molecule has 3 rings (SSSR count). The van der Waals surface area contributed by atoms with Crippen LogP contribution in [-0.4, -0.2) is 66.1 Å². The third-order valence-electron chi connectivity index (χ3n) is 5.91. The topological polar surface area (TPSA) is 47.0 Å². The Hall–Kier alpha value is -1.75. The molecule has 1 heterocycles. The SMILES string of the molecule is CC(C(=O)N(C)C1CCCCC1)N1CCN(c2ccccc2O)CC1. The van der Waals surface area contributed by atoms with Crippen molar-refractivity contribution < 1.29 is 9.90 Å². The lowest BCUT2D eigenvalue weighted by atomic mass is 9.94. The number of amides is 1. The van der Waals surface area contributed by atoms with Gasteiger partial charge in [-0.05, 0) is 31.9 Å². The molecule has 0 bridgehead atoms. The summed E-state index contributed by atoms with van der Waals surface area (Å²) in [6.07, 6.45) is 6.10. The second-order valence-corrected chi connectivity index (χ2v) is 7.43. The predicted octanol–water partition coefficient (Wildman–Crippen LogP) is 2.69. The molecular formula is C20H31N3O2. The van der Waals surface area contributed by atoms with Gasteiger partial charge in [0.25, 0.3) is 0 Å². The molecule has 2 aliphatic rings. The number of phenols is 1. The molecule has 0 radical (unpaired) electrons. The van der Waals surface area contributed by atoms with Crippen molar-refractivity contribution in [3.63, 3.8) is 0 Å².